The Balaban J connectivity index is 1.32. The Bertz CT molecular complexity index is 1330. The lowest BCUT2D eigenvalue weighted by molar-refractivity contribution is -0.757. The Morgan fingerprint density at radius 2 is 1.95 bits per heavy atom. The smallest absolute Gasteiger partial charge is 0.325 e. The van der Waals surface area contributed by atoms with Crippen LogP contribution in [0.15, 0.2) is 23.8 Å². The Morgan fingerprint density at radius 3 is 2.66 bits per heavy atom. The van der Waals surface area contributed by atoms with Gasteiger partial charge in [0.25, 0.3) is 5.09 Å². The molecular weight excluding hydrogens is 583 g/mol. The van der Waals surface area contributed by atoms with Gasteiger partial charge >= 0.3 is 5.97 Å². The summed E-state index contributed by atoms with van der Waals surface area (Å²) in [6, 6.07) is 0. The van der Waals surface area contributed by atoms with Crippen molar-refractivity contribution in [2.75, 3.05) is 19.8 Å². The number of nitrogens with one attached hydrogen (secondary N) is 1. The molecule has 0 spiro atoms. The maximum absolute atomic E-state index is 17.5. The molecule has 1 amide bonds. The zero-order valence-corrected chi connectivity index (χ0v) is 25.3. The number of ether oxygens (including phenoxy) is 3. The average molecular weight is 623 g/mol. The normalized spacial score (nSPS) is 39.7. The van der Waals surface area contributed by atoms with Gasteiger partial charge in [-0.05, 0) is 70.9 Å². The van der Waals surface area contributed by atoms with Crippen LogP contribution in [0.5, 0.6) is 0 Å². The molecule has 0 bridgehead atoms. The second-order valence-electron chi connectivity index (χ2n) is 13.4. The molecule has 4 aliphatic carbocycles. The molecule has 0 unspecified atom stereocenters. The lowest BCUT2D eigenvalue weighted by atomic mass is 9.44. The quantitative estimate of drug-likeness (QED) is 0.158. The maximum Gasteiger partial charge on any atom is 0.325 e. The molecule has 1 aliphatic heterocycles. The average Bonchev–Trinajstić information content (AvgIpc) is 3.35. The minimum absolute atomic E-state index is 0.0648. The number of esters is 1. The Labute approximate surface area is 253 Å². The number of hydrogen-bond donors (Lipinski definition) is 2. The lowest BCUT2D eigenvalue weighted by Gasteiger charge is -2.62. The summed E-state index contributed by atoms with van der Waals surface area (Å²) in [5.74, 6) is -4.52. The summed E-state index contributed by atoms with van der Waals surface area (Å²) in [6.07, 6.45) is 3.03. The van der Waals surface area contributed by atoms with E-state index in [0.29, 0.717) is 18.4 Å². The minimum Gasteiger partial charge on any atom is -0.456 e. The van der Waals surface area contributed by atoms with Gasteiger partial charge in [0.05, 0.1) is 18.8 Å². The summed E-state index contributed by atoms with van der Waals surface area (Å²) >= 11 is 0. The number of fused-ring (bicyclic) bond motifs is 7. The molecule has 3 saturated carbocycles. The maximum atomic E-state index is 17.5. The number of carbonyl (C=O) groups is 4. The molecule has 5 aliphatic rings. The van der Waals surface area contributed by atoms with E-state index in [4.69, 9.17) is 14.2 Å². The van der Waals surface area contributed by atoms with E-state index in [-0.39, 0.29) is 38.1 Å². The van der Waals surface area contributed by atoms with E-state index in [2.05, 4.69) is 10.2 Å². The molecule has 13 nitrogen and oxygen atoms in total. The van der Waals surface area contributed by atoms with Gasteiger partial charge < -0.3 is 29.5 Å². The summed E-state index contributed by atoms with van der Waals surface area (Å²) in [5.41, 5.74) is -5.37. The highest BCUT2D eigenvalue weighted by Gasteiger charge is 2.80. The number of halogens is 1. The van der Waals surface area contributed by atoms with E-state index in [0.717, 1.165) is 0 Å². The highest BCUT2D eigenvalue weighted by atomic mass is 19.1. The summed E-state index contributed by atoms with van der Waals surface area (Å²) in [6.45, 7) is 5.36. The molecule has 44 heavy (non-hydrogen) atoms. The van der Waals surface area contributed by atoms with Crippen molar-refractivity contribution in [3.05, 3.63) is 33.9 Å². The van der Waals surface area contributed by atoms with Crippen LogP contribution in [-0.2, 0) is 38.2 Å². The van der Waals surface area contributed by atoms with Gasteiger partial charge in [-0.25, -0.2) is 4.39 Å². The largest absolute Gasteiger partial charge is 0.456 e. The second kappa shape index (κ2) is 11.0. The third-order valence-electron chi connectivity index (χ3n) is 10.6. The van der Waals surface area contributed by atoms with Crippen LogP contribution in [0.2, 0.25) is 0 Å². The molecule has 0 aromatic heterocycles. The Hall–Kier alpha value is -3.23. The Kier molecular flexibility index (Phi) is 8.03. The molecule has 0 aromatic rings. The van der Waals surface area contributed by atoms with Crippen LogP contribution in [0.3, 0.4) is 0 Å². The molecule has 2 N–H and O–H groups in total. The van der Waals surface area contributed by atoms with Crippen molar-refractivity contribution in [1.82, 2.24) is 5.32 Å². The number of amides is 1. The van der Waals surface area contributed by atoms with Crippen molar-refractivity contribution < 1.29 is 52.8 Å². The fraction of sp³-hybridized carbons (Fsp3) is 0.733. The number of aliphatic hydroxyl groups excluding tert-OH is 1. The zero-order valence-electron chi connectivity index (χ0n) is 25.3. The van der Waals surface area contributed by atoms with Gasteiger partial charge in [0, 0.05) is 23.2 Å². The molecule has 14 heteroatoms. The van der Waals surface area contributed by atoms with Gasteiger partial charge in [0.15, 0.2) is 29.4 Å². The van der Waals surface area contributed by atoms with E-state index in [9.17, 15) is 34.4 Å². The monoisotopic (exact) mass is 622 g/mol. The minimum atomic E-state index is -2.10. The van der Waals surface area contributed by atoms with Gasteiger partial charge in [-0.1, -0.05) is 18.6 Å². The van der Waals surface area contributed by atoms with Crippen LogP contribution in [0, 0.1) is 32.8 Å². The number of rotatable bonds is 10. The third kappa shape index (κ3) is 4.85. The zero-order chi connectivity index (χ0) is 32.3. The van der Waals surface area contributed by atoms with E-state index < -0.39 is 87.8 Å². The predicted molar refractivity (Wildman–Crippen MR) is 148 cm³/mol. The molecule has 5 rings (SSSR count). The number of nitrogens with zero attached hydrogens (tertiary/aromatic N) is 1. The second-order valence-corrected chi connectivity index (χ2v) is 13.4. The van der Waals surface area contributed by atoms with Gasteiger partial charge in [-0.2, -0.15) is 0 Å². The van der Waals surface area contributed by atoms with Crippen LogP contribution in [-0.4, -0.2) is 82.7 Å². The van der Waals surface area contributed by atoms with Gasteiger partial charge in [0.1, 0.15) is 6.54 Å². The molecule has 1 heterocycles. The lowest BCUT2D eigenvalue weighted by Crippen LogP contribution is -2.70. The van der Waals surface area contributed by atoms with Crippen LogP contribution < -0.4 is 5.32 Å². The van der Waals surface area contributed by atoms with Crippen LogP contribution in [0.1, 0.15) is 66.2 Å². The van der Waals surface area contributed by atoms with Crippen LogP contribution in [0.4, 0.5) is 4.39 Å². The first-order valence-electron chi connectivity index (χ1n) is 14.9. The number of hydrogen-bond acceptors (Lipinski definition) is 11. The van der Waals surface area contributed by atoms with E-state index in [1.54, 1.807) is 26.8 Å². The van der Waals surface area contributed by atoms with Crippen LogP contribution >= 0.6 is 0 Å². The molecule has 1 saturated heterocycles. The molecule has 0 aromatic carbocycles. The SMILES string of the molecule is CC1(C)O[C@@H]2C[C@H]3[C@@H]4CCC5=CC(=O)C=C[C@]5(C)[C@@]4(F)[C@@H](O)C[C@]3(C)[C@]2(C(=O)COC(=O)CNC(=O)CCCO[N+](=O)[O-])O1. The first kappa shape index (κ1) is 32.2. The van der Waals surface area contributed by atoms with E-state index in [1.165, 1.54) is 12.2 Å². The fourth-order valence-electron chi connectivity index (χ4n) is 8.74. The number of ketones is 2. The number of aliphatic hydroxyl groups is 1. The number of allylic oxidation sites excluding steroid dienone is 4. The van der Waals surface area contributed by atoms with Crippen molar-refractivity contribution >= 4 is 23.4 Å². The predicted octanol–water partition coefficient (Wildman–Crippen LogP) is 2.07. The van der Waals surface area contributed by atoms with Crippen molar-refractivity contribution in [3.8, 4) is 0 Å². The van der Waals surface area contributed by atoms with Gasteiger partial charge in [0.2, 0.25) is 11.7 Å². The van der Waals surface area contributed by atoms with E-state index >= 15 is 4.39 Å². The van der Waals surface area contributed by atoms with Crippen LogP contribution in [0.25, 0.3) is 0 Å². The Morgan fingerprint density at radius 1 is 1.23 bits per heavy atom. The summed E-state index contributed by atoms with van der Waals surface area (Å²) in [4.78, 5) is 64.9. The van der Waals surface area contributed by atoms with Crippen molar-refractivity contribution in [2.24, 2.45) is 22.7 Å². The van der Waals surface area contributed by atoms with Gasteiger partial charge in [-0.3, -0.25) is 19.2 Å². The summed E-state index contributed by atoms with van der Waals surface area (Å²) in [7, 11) is 0. The molecule has 4 fully saturated rings. The first-order chi connectivity index (χ1) is 20.5. The summed E-state index contributed by atoms with van der Waals surface area (Å²) < 4.78 is 35.4. The first-order valence-corrected chi connectivity index (χ1v) is 14.9. The number of alkyl halides is 1. The fourth-order valence-corrected chi connectivity index (χ4v) is 8.74. The highest BCUT2D eigenvalue weighted by Crippen LogP contribution is 2.72. The number of carbonyl (C=O) groups excluding carboxylic acids is 4. The topological polar surface area (TPSA) is 181 Å². The van der Waals surface area contributed by atoms with Crippen molar-refractivity contribution in [2.45, 2.75) is 95.5 Å². The van der Waals surface area contributed by atoms with Gasteiger partial charge in [-0.15, -0.1) is 10.1 Å². The molecule has 242 valence electrons. The molecular formula is C30H39FN2O11. The van der Waals surface area contributed by atoms with Crippen molar-refractivity contribution in [3.63, 3.8) is 0 Å². The third-order valence-corrected chi connectivity index (χ3v) is 10.6. The molecule has 0 radical (unpaired) electrons. The standard InChI is InChI=1S/C30H39FN2O11/c1-26(2)43-23-13-20-19-8-7-17-12-18(34)9-10-27(17,3)29(19,31)21(35)14-28(20,4)30(23,44-26)22(36)16-41-25(38)15-32-24(37)6-5-11-42-33(39)40/h9-10,12,19-21,23,35H,5-8,11,13-16H2,1-4H3,(H,32,37)/t19-,20-,21-,23+,27-,28-,29-,30+/m0/s1. The molecule has 8 atom stereocenters. The summed E-state index contributed by atoms with van der Waals surface area (Å²) in [5, 5.41) is 23.2. The van der Waals surface area contributed by atoms with Crippen molar-refractivity contribution in [1.29, 1.82) is 0 Å². The number of Topliss-reactive ketones (excluding diaryl/α,β-unsaturated/α-hetero) is 1. The highest BCUT2D eigenvalue weighted by molar-refractivity contribution is 6.01. The van der Waals surface area contributed by atoms with E-state index in [1.807, 2.05) is 6.92 Å².